The summed E-state index contributed by atoms with van der Waals surface area (Å²) in [5.41, 5.74) is 1.54. The van der Waals surface area contributed by atoms with Gasteiger partial charge in [0.1, 0.15) is 11.6 Å². The number of fused-ring (bicyclic) bond motifs is 1. The van der Waals surface area contributed by atoms with Gasteiger partial charge in [0.25, 0.3) is 0 Å². The zero-order chi connectivity index (χ0) is 14.2. The lowest BCUT2D eigenvalue weighted by Crippen LogP contribution is -2.28. The maximum atomic E-state index is 13.3. The van der Waals surface area contributed by atoms with Crippen molar-refractivity contribution in [1.82, 2.24) is 9.55 Å². The van der Waals surface area contributed by atoms with Crippen molar-refractivity contribution in [3.8, 4) is 0 Å². The Balaban J connectivity index is 2.72. The molecule has 0 saturated heterocycles. The molecule has 2 rings (SSSR count). The first-order valence-electron chi connectivity index (χ1n) is 6.69. The summed E-state index contributed by atoms with van der Waals surface area (Å²) in [6.45, 7) is 8.40. The van der Waals surface area contributed by atoms with Crippen molar-refractivity contribution in [2.45, 2.75) is 51.5 Å². The minimum atomic E-state index is -0.265. The highest BCUT2D eigenvalue weighted by molar-refractivity contribution is 6.20. The molecule has 0 bridgehead atoms. The molecule has 1 aromatic heterocycles. The molecule has 1 unspecified atom stereocenters. The highest BCUT2D eigenvalue weighted by atomic mass is 35.5. The van der Waals surface area contributed by atoms with Crippen molar-refractivity contribution in [2.24, 2.45) is 0 Å². The third kappa shape index (κ3) is 2.62. The van der Waals surface area contributed by atoms with E-state index in [1.165, 1.54) is 12.1 Å². The number of hydrogen-bond donors (Lipinski definition) is 0. The molecule has 0 aliphatic heterocycles. The molecule has 0 aliphatic carbocycles. The summed E-state index contributed by atoms with van der Waals surface area (Å²) < 4.78 is 15.5. The molecule has 0 radical (unpaired) electrons. The molecule has 2 nitrogen and oxygen atoms in total. The minimum absolute atomic E-state index is 0.0835. The summed E-state index contributed by atoms with van der Waals surface area (Å²) >= 11 is 6.25. The fourth-order valence-corrected chi connectivity index (χ4v) is 2.85. The molecule has 1 atom stereocenters. The first-order chi connectivity index (χ1) is 8.86. The minimum Gasteiger partial charge on any atom is -0.321 e. The van der Waals surface area contributed by atoms with Gasteiger partial charge in [0.2, 0.25) is 0 Å². The van der Waals surface area contributed by atoms with Crippen molar-refractivity contribution in [3.63, 3.8) is 0 Å². The van der Waals surface area contributed by atoms with Gasteiger partial charge in [-0.3, -0.25) is 0 Å². The van der Waals surface area contributed by atoms with Crippen molar-refractivity contribution < 1.29 is 4.39 Å². The van der Waals surface area contributed by atoms with Gasteiger partial charge in [0.15, 0.2) is 0 Å². The molecule has 1 aromatic carbocycles. The second-order valence-electron chi connectivity index (χ2n) is 5.62. The summed E-state index contributed by atoms with van der Waals surface area (Å²) in [7, 11) is 0. The Morgan fingerprint density at radius 3 is 2.68 bits per heavy atom. The van der Waals surface area contributed by atoms with E-state index >= 15 is 0 Å². The van der Waals surface area contributed by atoms with E-state index in [1.54, 1.807) is 6.07 Å². The summed E-state index contributed by atoms with van der Waals surface area (Å²) in [6, 6.07) is 4.74. The van der Waals surface area contributed by atoms with E-state index in [0.29, 0.717) is 5.52 Å². The van der Waals surface area contributed by atoms with Crippen LogP contribution in [0.5, 0.6) is 0 Å². The average molecular weight is 283 g/mol. The van der Waals surface area contributed by atoms with Crippen molar-refractivity contribution in [1.29, 1.82) is 0 Å². The predicted molar refractivity (Wildman–Crippen MR) is 78.2 cm³/mol. The van der Waals surface area contributed by atoms with E-state index in [-0.39, 0.29) is 16.7 Å². The van der Waals surface area contributed by atoms with Gasteiger partial charge in [-0.05, 0) is 39.3 Å². The van der Waals surface area contributed by atoms with E-state index in [2.05, 4.69) is 30.3 Å². The van der Waals surface area contributed by atoms with Gasteiger partial charge in [-0.25, -0.2) is 9.37 Å². The lowest BCUT2D eigenvalue weighted by atomic mass is 9.97. The maximum Gasteiger partial charge on any atom is 0.128 e. The number of nitrogens with zero attached hydrogens (tertiary/aromatic N) is 2. The van der Waals surface area contributed by atoms with Crippen LogP contribution < -0.4 is 0 Å². The highest BCUT2D eigenvalue weighted by Gasteiger charge is 2.27. The van der Waals surface area contributed by atoms with Gasteiger partial charge in [-0.15, -0.1) is 11.6 Å². The summed E-state index contributed by atoms with van der Waals surface area (Å²) in [5, 5.41) is -0.202. The van der Waals surface area contributed by atoms with Gasteiger partial charge in [-0.1, -0.05) is 13.3 Å². The van der Waals surface area contributed by atoms with E-state index < -0.39 is 0 Å². The lowest BCUT2D eigenvalue weighted by Gasteiger charge is -2.29. The third-order valence-corrected chi connectivity index (χ3v) is 3.66. The molecule has 19 heavy (non-hydrogen) atoms. The standard InChI is InChI=1S/C15H20ClFN2/c1-5-8-15(3,4)19-13-7-6-11(17)9-12(13)18-14(19)10(2)16/h6-7,9-10H,5,8H2,1-4H3. The fraction of sp³-hybridized carbons (Fsp3) is 0.533. The van der Waals surface area contributed by atoms with Crippen LogP contribution >= 0.6 is 11.6 Å². The monoisotopic (exact) mass is 282 g/mol. The summed E-state index contributed by atoms with van der Waals surface area (Å²) in [4.78, 5) is 4.51. The Morgan fingerprint density at radius 2 is 2.11 bits per heavy atom. The lowest BCUT2D eigenvalue weighted by molar-refractivity contribution is 0.323. The van der Waals surface area contributed by atoms with Crippen LogP contribution in [0, 0.1) is 5.82 Å². The van der Waals surface area contributed by atoms with Gasteiger partial charge in [0, 0.05) is 11.6 Å². The molecule has 2 aromatic rings. The first kappa shape index (κ1) is 14.3. The molecular weight excluding hydrogens is 263 g/mol. The third-order valence-electron chi connectivity index (χ3n) is 3.47. The summed E-state index contributed by atoms with van der Waals surface area (Å²) in [5.74, 6) is 0.542. The molecule has 0 fully saturated rings. The number of halogens is 2. The largest absolute Gasteiger partial charge is 0.321 e. The van der Waals surface area contributed by atoms with Crippen LogP contribution in [-0.4, -0.2) is 9.55 Å². The van der Waals surface area contributed by atoms with Crippen molar-refractivity contribution in [2.75, 3.05) is 0 Å². The molecule has 0 N–H and O–H groups in total. The van der Waals surface area contributed by atoms with Crippen molar-refractivity contribution >= 4 is 22.6 Å². The SMILES string of the molecule is CCCC(C)(C)n1c(C(C)Cl)nc2cc(F)ccc21. The highest BCUT2D eigenvalue weighted by Crippen LogP contribution is 2.33. The molecule has 1 heterocycles. The van der Waals surface area contributed by atoms with Crippen LogP contribution in [0.2, 0.25) is 0 Å². The fourth-order valence-electron chi connectivity index (χ4n) is 2.70. The van der Waals surface area contributed by atoms with Gasteiger partial charge in [-0.2, -0.15) is 0 Å². The Morgan fingerprint density at radius 1 is 1.42 bits per heavy atom. The zero-order valence-corrected chi connectivity index (χ0v) is 12.6. The Hall–Kier alpha value is -1.09. The molecule has 0 amide bonds. The Kier molecular flexibility index (Phi) is 3.86. The number of benzene rings is 1. The van der Waals surface area contributed by atoms with Crippen LogP contribution in [0.3, 0.4) is 0 Å². The number of aromatic nitrogens is 2. The second kappa shape index (κ2) is 5.12. The molecular formula is C15H20ClFN2. The quantitative estimate of drug-likeness (QED) is 0.721. The van der Waals surface area contributed by atoms with Crippen molar-refractivity contribution in [3.05, 3.63) is 29.8 Å². The van der Waals surface area contributed by atoms with Gasteiger partial charge < -0.3 is 4.57 Å². The van der Waals surface area contributed by atoms with Gasteiger partial charge in [0.05, 0.1) is 16.4 Å². The molecule has 0 spiro atoms. The van der Waals surface area contributed by atoms with E-state index in [4.69, 9.17) is 11.6 Å². The number of rotatable bonds is 4. The Labute approximate surface area is 118 Å². The summed E-state index contributed by atoms with van der Waals surface area (Å²) in [6.07, 6.45) is 2.09. The van der Waals surface area contributed by atoms with Crippen LogP contribution in [0.25, 0.3) is 11.0 Å². The van der Waals surface area contributed by atoms with Crippen LogP contribution in [-0.2, 0) is 5.54 Å². The maximum absolute atomic E-state index is 13.3. The normalized spacial score (nSPS) is 14.0. The zero-order valence-electron chi connectivity index (χ0n) is 11.9. The number of hydrogen-bond acceptors (Lipinski definition) is 1. The van der Waals surface area contributed by atoms with Crippen LogP contribution in [0.1, 0.15) is 51.7 Å². The average Bonchev–Trinajstić information content (AvgIpc) is 2.67. The predicted octanol–water partition coefficient (Wildman–Crippen LogP) is 5.01. The molecule has 0 saturated carbocycles. The smallest absolute Gasteiger partial charge is 0.128 e. The van der Waals surface area contributed by atoms with E-state index in [9.17, 15) is 4.39 Å². The first-order valence-corrected chi connectivity index (χ1v) is 7.13. The molecule has 4 heteroatoms. The van der Waals surface area contributed by atoms with E-state index in [0.717, 1.165) is 24.2 Å². The van der Waals surface area contributed by atoms with E-state index in [1.807, 2.05) is 6.92 Å². The topological polar surface area (TPSA) is 17.8 Å². The van der Waals surface area contributed by atoms with Crippen LogP contribution in [0.15, 0.2) is 18.2 Å². The number of alkyl halides is 1. The van der Waals surface area contributed by atoms with Gasteiger partial charge >= 0.3 is 0 Å². The molecule has 0 aliphatic rings. The number of imidazole rings is 1. The van der Waals surface area contributed by atoms with Crippen LogP contribution in [0.4, 0.5) is 4.39 Å². The second-order valence-corrected chi connectivity index (χ2v) is 6.27. The molecule has 104 valence electrons. The Bertz CT molecular complexity index is 587.